The molecule has 1 heterocycles. The molecule has 1 aromatic carbocycles. The fraction of sp³-hybridized carbons (Fsp3) is 0.600. The summed E-state index contributed by atoms with van der Waals surface area (Å²) in [6.07, 6.45) is 3.49. The van der Waals surface area contributed by atoms with E-state index in [0.29, 0.717) is 6.04 Å². The number of anilines is 1. The molecule has 2 rings (SSSR count). The molecule has 1 aromatic rings. The summed E-state index contributed by atoms with van der Waals surface area (Å²) in [5, 5.41) is 6.93. The summed E-state index contributed by atoms with van der Waals surface area (Å²) in [5.41, 5.74) is 2.64. The van der Waals surface area contributed by atoms with Gasteiger partial charge in [0.25, 0.3) is 0 Å². The third-order valence-electron chi connectivity index (χ3n) is 3.31. The van der Waals surface area contributed by atoms with Crippen LogP contribution in [0.5, 0.6) is 0 Å². The lowest BCUT2D eigenvalue weighted by Gasteiger charge is -2.23. The van der Waals surface area contributed by atoms with Crippen molar-refractivity contribution in [3.8, 4) is 0 Å². The standard InChI is InChI=1S/C15H24N2O/c1-2-3-13-4-6-14(7-5-13)16-9-8-15-12-18-11-10-17-15/h4-7,15-17H,2-3,8-12H2,1H3. The van der Waals surface area contributed by atoms with Crippen LogP contribution < -0.4 is 10.6 Å². The average molecular weight is 248 g/mol. The van der Waals surface area contributed by atoms with Crippen molar-refractivity contribution in [2.75, 3.05) is 31.6 Å². The highest BCUT2D eigenvalue weighted by molar-refractivity contribution is 5.44. The van der Waals surface area contributed by atoms with E-state index in [1.54, 1.807) is 0 Å². The van der Waals surface area contributed by atoms with Crippen LogP contribution in [0.2, 0.25) is 0 Å². The zero-order valence-corrected chi connectivity index (χ0v) is 11.2. The molecule has 0 radical (unpaired) electrons. The van der Waals surface area contributed by atoms with Crippen LogP contribution >= 0.6 is 0 Å². The first-order valence-corrected chi connectivity index (χ1v) is 7.02. The van der Waals surface area contributed by atoms with Gasteiger partial charge in [-0.15, -0.1) is 0 Å². The number of aryl methyl sites for hydroxylation is 1. The molecule has 0 aromatic heterocycles. The molecular weight excluding hydrogens is 224 g/mol. The van der Waals surface area contributed by atoms with Crippen molar-refractivity contribution in [1.82, 2.24) is 5.32 Å². The van der Waals surface area contributed by atoms with Gasteiger partial charge in [-0.05, 0) is 30.5 Å². The lowest BCUT2D eigenvalue weighted by atomic mass is 10.1. The number of morpholine rings is 1. The maximum atomic E-state index is 5.44. The smallest absolute Gasteiger partial charge is 0.0620 e. The molecule has 0 saturated carbocycles. The highest BCUT2D eigenvalue weighted by Gasteiger charge is 2.11. The lowest BCUT2D eigenvalue weighted by Crippen LogP contribution is -2.42. The van der Waals surface area contributed by atoms with Crippen molar-refractivity contribution < 1.29 is 4.74 Å². The van der Waals surface area contributed by atoms with E-state index in [1.807, 2.05) is 0 Å². The molecule has 1 fully saturated rings. The Balaban J connectivity index is 1.69. The first kappa shape index (κ1) is 13.4. The van der Waals surface area contributed by atoms with Gasteiger partial charge in [0.1, 0.15) is 0 Å². The summed E-state index contributed by atoms with van der Waals surface area (Å²) in [4.78, 5) is 0. The minimum Gasteiger partial charge on any atom is -0.385 e. The van der Waals surface area contributed by atoms with Gasteiger partial charge in [-0.3, -0.25) is 0 Å². The third kappa shape index (κ3) is 4.31. The first-order chi connectivity index (χ1) is 8.88. The van der Waals surface area contributed by atoms with E-state index >= 15 is 0 Å². The minimum atomic E-state index is 0.505. The van der Waals surface area contributed by atoms with Gasteiger partial charge >= 0.3 is 0 Å². The number of ether oxygens (including phenoxy) is 1. The molecule has 0 bridgehead atoms. The van der Waals surface area contributed by atoms with E-state index in [9.17, 15) is 0 Å². The van der Waals surface area contributed by atoms with E-state index in [2.05, 4.69) is 41.8 Å². The summed E-state index contributed by atoms with van der Waals surface area (Å²) >= 11 is 0. The Morgan fingerprint density at radius 3 is 2.83 bits per heavy atom. The second kappa shape index (κ2) is 7.39. The molecule has 2 N–H and O–H groups in total. The lowest BCUT2D eigenvalue weighted by molar-refractivity contribution is 0.0753. The molecule has 1 atom stereocenters. The highest BCUT2D eigenvalue weighted by Crippen LogP contribution is 2.11. The molecule has 1 unspecified atom stereocenters. The van der Waals surface area contributed by atoms with E-state index in [0.717, 1.165) is 32.7 Å². The largest absolute Gasteiger partial charge is 0.385 e. The van der Waals surface area contributed by atoms with Crippen LogP contribution in [0.15, 0.2) is 24.3 Å². The van der Waals surface area contributed by atoms with E-state index in [4.69, 9.17) is 4.74 Å². The second-order valence-electron chi connectivity index (χ2n) is 4.89. The summed E-state index contributed by atoms with van der Waals surface area (Å²) in [6.45, 7) is 5.88. The number of rotatable bonds is 6. The molecule has 3 nitrogen and oxygen atoms in total. The maximum Gasteiger partial charge on any atom is 0.0620 e. The molecule has 18 heavy (non-hydrogen) atoms. The summed E-state index contributed by atoms with van der Waals surface area (Å²) in [5.74, 6) is 0. The van der Waals surface area contributed by atoms with Crippen LogP contribution in [-0.4, -0.2) is 32.3 Å². The van der Waals surface area contributed by atoms with Gasteiger partial charge in [0.05, 0.1) is 13.2 Å². The Labute approximate surface area is 110 Å². The molecule has 1 aliphatic heterocycles. The van der Waals surface area contributed by atoms with Crippen LogP contribution in [0.4, 0.5) is 5.69 Å². The Bertz CT molecular complexity index is 331. The van der Waals surface area contributed by atoms with Crippen molar-refractivity contribution in [2.45, 2.75) is 32.2 Å². The van der Waals surface area contributed by atoms with Gasteiger partial charge in [0.15, 0.2) is 0 Å². The predicted molar refractivity (Wildman–Crippen MR) is 76.2 cm³/mol. The SMILES string of the molecule is CCCc1ccc(NCCC2COCCN2)cc1. The molecule has 1 aliphatic rings. The highest BCUT2D eigenvalue weighted by atomic mass is 16.5. The molecule has 0 spiro atoms. The van der Waals surface area contributed by atoms with Crippen molar-refractivity contribution in [1.29, 1.82) is 0 Å². The third-order valence-corrected chi connectivity index (χ3v) is 3.31. The fourth-order valence-electron chi connectivity index (χ4n) is 2.27. The maximum absolute atomic E-state index is 5.44. The van der Waals surface area contributed by atoms with Gasteiger partial charge in [-0.25, -0.2) is 0 Å². The Hall–Kier alpha value is -1.06. The molecular formula is C15H24N2O. The molecule has 0 amide bonds. The monoisotopic (exact) mass is 248 g/mol. The Morgan fingerprint density at radius 1 is 1.33 bits per heavy atom. The van der Waals surface area contributed by atoms with E-state index in [1.165, 1.54) is 24.1 Å². The summed E-state index contributed by atoms with van der Waals surface area (Å²) in [7, 11) is 0. The van der Waals surface area contributed by atoms with E-state index in [-0.39, 0.29) is 0 Å². The normalized spacial score (nSPS) is 19.7. The number of nitrogens with one attached hydrogen (secondary N) is 2. The number of hydrogen-bond donors (Lipinski definition) is 2. The van der Waals surface area contributed by atoms with Gasteiger partial charge in [-0.2, -0.15) is 0 Å². The molecule has 3 heteroatoms. The zero-order chi connectivity index (χ0) is 12.6. The van der Waals surface area contributed by atoms with Crippen molar-refractivity contribution >= 4 is 5.69 Å². The van der Waals surface area contributed by atoms with E-state index < -0.39 is 0 Å². The van der Waals surface area contributed by atoms with Crippen molar-refractivity contribution in [3.63, 3.8) is 0 Å². The van der Waals surface area contributed by atoms with Gasteiger partial charge in [0, 0.05) is 24.8 Å². The average Bonchev–Trinajstić information content (AvgIpc) is 2.42. The van der Waals surface area contributed by atoms with Crippen molar-refractivity contribution in [2.24, 2.45) is 0 Å². The Morgan fingerprint density at radius 2 is 2.17 bits per heavy atom. The molecule has 100 valence electrons. The van der Waals surface area contributed by atoms with Crippen LogP contribution in [0.25, 0.3) is 0 Å². The van der Waals surface area contributed by atoms with Gasteiger partial charge < -0.3 is 15.4 Å². The topological polar surface area (TPSA) is 33.3 Å². The minimum absolute atomic E-state index is 0.505. The van der Waals surface area contributed by atoms with Crippen LogP contribution in [0.1, 0.15) is 25.3 Å². The molecule has 0 aliphatic carbocycles. The number of benzene rings is 1. The van der Waals surface area contributed by atoms with Crippen LogP contribution in [-0.2, 0) is 11.2 Å². The Kier molecular flexibility index (Phi) is 5.49. The predicted octanol–water partition coefficient (Wildman–Crippen LogP) is 2.43. The van der Waals surface area contributed by atoms with Crippen LogP contribution in [0, 0.1) is 0 Å². The number of hydrogen-bond acceptors (Lipinski definition) is 3. The zero-order valence-electron chi connectivity index (χ0n) is 11.2. The summed E-state index contributed by atoms with van der Waals surface area (Å²) in [6, 6.07) is 9.29. The van der Waals surface area contributed by atoms with Crippen molar-refractivity contribution in [3.05, 3.63) is 29.8 Å². The second-order valence-corrected chi connectivity index (χ2v) is 4.89. The quantitative estimate of drug-likeness (QED) is 0.811. The van der Waals surface area contributed by atoms with Crippen LogP contribution in [0.3, 0.4) is 0 Å². The summed E-state index contributed by atoms with van der Waals surface area (Å²) < 4.78 is 5.44. The van der Waals surface area contributed by atoms with Gasteiger partial charge in [-0.1, -0.05) is 25.5 Å². The first-order valence-electron chi connectivity index (χ1n) is 7.02. The molecule has 1 saturated heterocycles. The van der Waals surface area contributed by atoms with Gasteiger partial charge in [0.2, 0.25) is 0 Å². The fourth-order valence-corrected chi connectivity index (χ4v) is 2.27.